The van der Waals surface area contributed by atoms with Crippen molar-refractivity contribution in [2.24, 2.45) is 0 Å². The van der Waals surface area contributed by atoms with Gasteiger partial charge in [-0.05, 0) is 27.7 Å². The van der Waals surface area contributed by atoms with Crippen molar-refractivity contribution in [1.29, 1.82) is 0 Å². The fourth-order valence-electron chi connectivity index (χ4n) is 1.79. The molecule has 0 aromatic rings. The van der Waals surface area contributed by atoms with Gasteiger partial charge < -0.3 is 14.7 Å². The molecule has 114 valence electrons. The summed E-state index contributed by atoms with van der Waals surface area (Å²) in [7, 11) is 0. The van der Waals surface area contributed by atoms with Crippen LogP contribution < -0.4 is 0 Å². The molecular formula is C14H24N2O4. The number of carbonyl (C=O) groups excluding carboxylic acids is 1. The number of ether oxygens (including phenoxy) is 1. The lowest BCUT2D eigenvalue weighted by molar-refractivity contribution is -0.132. The Kier molecular flexibility index (Phi) is 5.56. The molecule has 6 nitrogen and oxygen atoms in total. The summed E-state index contributed by atoms with van der Waals surface area (Å²) in [5.41, 5.74) is -0.130. The lowest BCUT2D eigenvalue weighted by Gasteiger charge is -2.35. The molecule has 0 saturated carbocycles. The van der Waals surface area contributed by atoms with Crippen LogP contribution in [0.15, 0.2) is 11.6 Å². The number of rotatable bonds is 3. The summed E-state index contributed by atoms with van der Waals surface area (Å²) < 4.78 is 5.32. The second-order valence-corrected chi connectivity index (χ2v) is 5.96. The summed E-state index contributed by atoms with van der Waals surface area (Å²) in [5, 5.41) is 8.78. The van der Waals surface area contributed by atoms with E-state index >= 15 is 0 Å². The second kappa shape index (κ2) is 6.74. The van der Waals surface area contributed by atoms with Gasteiger partial charge in [0.15, 0.2) is 0 Å². The number of carboxylic acid groups (broad SMARTS) is 1. The molecule has 1 fully saturated rings. The van der Waals surface area contributed by atoms with Crippen molar-refractivity contribution in [3.05, 3.63) is 11.6 Å². The Labute approximate surface area is 120 Å². The van der Waals surface area contributed by atoms with Gasteiger partial charge in [-0.1, -0.05) is 6.08 Å². The molecule has 0 bridgehead atoms. The van der Waals surface area contributed by atoms with Gasteiger partial charge in [0.1, 0.15) is 5.60 Å². The largest absolute Gasteiger partial charge is 0.478 e. The minimum atomic E-state index is -0.891. The molecule has 0 aliphatic carbocycles. The van der Waals surface area contributed by atoms with E-state index in [0.717, 1.165) is 13.1 Å². The van der Waals surface area contributed by atoms with E-state index in [1.165, 1.54) is 0 Å². The van der Waals surface area contributed by atoms with Crippen molar-refractivity contribution in [3.63, 3.8) is 0 Å². The first-order valence-electron chi connectivity index (χ1n) is 6.79. The molecule has 1 rings (SSSR count). The molecule has 0 aromatic heterocycles. The average molecular weight is 284 g/mol. The minimum Gasteiger partial charge on any atom is -0.478 e. The van der Waals surface area contributed by atoms with E-state index in [0.29, 0.717) is 25.2 Å². The fraction of sp³-hybridized carbons (Fsp3) is 0.714. The Morgan fingerprint density at radius 3 is 2.20 bits per heavy atom. The molecule has 1 amide bonds. The molecule has 20 heavy (non-hydrogen) atoms. The molecule has 1 heterocycles. The maximum Gasteiger partial charge on any atom is 0.410 e. The summed E-state index contributed by atoms with van der Waals surface area (Å²) >= 11 is 0. The average Bonchev–Trinajstić information content (AvgIpc) is 2.34. The quantitative estimate of drug-likeness (QED) is 0.797. The van der Waals surface area contributed by atoms with Crippen LogP contribution in [0.5, 0.6) is 0 Å². The van der Waals surface area contributed by atoms with Gasteiger partial charge in [-0.25, -0.2) is 9.59 Å². The molecule has 1 aliphatic heterocycles. The topological polar surface area (TPSA) is 70.1 Å². The van der Waals surface area contributed by atoms with Gasteiger partial charge in [-0.2, -0.15) is 0 Å². The zero-order chi connectivity index (χ0) is 15.3. The van der Waals surface area contributed by atoms with Crippen LogP contribution in [0, 0.1) is 0 Å². The number of nitrogens with zero attached hydrogens (tertiary/aromatic N) is 2. The Hall–Kier alpha value is -1.56. The van der Waals surface area contributed by atoms with Crippen LogP contribution in [0.1, 0.15) is 27.7 Å². The van der Waals surface area contributed by atoms with E-state index in [9.17, 15) is 9.59 Å². The van der Waals surface area contributed by atoms with Crippen molar-refractivity contribution >= 4 is 12.1 Å². The van der Waals surface area contributed by atoms with Crippen molar-refractivity contribution < 1.29 is 19.4 Å². The van der Waals surface area contributed by atoms with Crippen LogP contribution in [0.4, 0.5) is 4.79 Å². The predicted octanol–water partition coefficient (Wildman–Crippen LogP) is 1.57. The first-order valence-corrected chi connectivity index (χ1v) is 6.79. The summed E-state index contributed by atoms with van der Waals surface area (Å²) in [6, 6.07) is 0. The highest BCUT2D eigenvalue weighted by molar-refractivity contribution is 5.85. The van der Waals surface area contributed by atoms with Gasteiger partial charge in [0.2, 0.25) is 0 Å². The number of amides is 1. The van der Waals surface area contributed by atoms with Gasteiger partial charge >= 0.3 is 12.1 Å². The van der Waals surface area contributed by atoms with Gasteiger partial charge in [-0.15, -0.1) is 0 Å². The van der Waals surface area contributed by atoms with Crippen LogP contribution in [0.25, 0.3) is 0 Å². The zero-order valence-electron chi connectivity index (χ0n) is 12.7. The zero-order valence-corrected chi connectivity index (χ0v) is 12.7. The molecule has 0 atom stereocenters. The maximum atomic E-state index is 11.9. The maximum absolute atomic E-state index is 11.9. The lowest BCUT2D eigenvalue weighted by atomic mass is 10.2. The molecule has 0 radical (unpaired) electrons. The molecule has 0 spiro atoms. The number of aliphatic carboxylic acids is 1. The first-order chi connectivity index (χ1) is 9.19. The third-order valence-corrected chi connectivity index (χ3v) is 3.02. The summed E-state index contributed by atoms with van der Waals surface area (Å²) in [6.45, 7) is 10.4. The lowest BCUT2D eigenvalue weighted by Crippen LogP contribution is -2.49. The standard InChI is InChI=1S/C14H24N2O4/c1-11(12(17)18)5-6-15-7-9-16(10-8-15)13(19)20-14(2,3)4/h5H,6-10H2,1-4H3,(H,17,18). The van der Waals surface area contributed by atoms with Crippen molar-refractivity contribution in [1.82, 2.24) is 9.80 Å². The van der Waals surface area contributed by atoms with Gasteiger partial charge in [0, 0.05) is 38.3 Å². The smallest absolute Gasteiger partial charge is 0.410 e. The summed E-state index contributed by atoms with van der Waals surface area (Å²) in [5.74, 6) is -0.891. The first kappa shape index (κ1) is 16.5. The fourth-order valence-corrected chi connectivity index (χ4v) is 1.79. The number of carboxylic acids is 1. The number of hydrogen-bond acceptors (Lipinski definition) is 4. The van der Waals surface area contributed by atoms with Gasteiger partial charge in [0.05, 0.1) is 0 Å². The van der Waals surface area contributed by atoms with Gasteiger partial charge in [0.25, 0.3) is 0 Å². The summed E-state index contributed by atoms with van der Waals surface area (Å²) in [4.78, 5) is 26.4. The van der Waals surface area contributed by atoms with Crippen molar-refractivity contribution in [2.75, 3.05) is 32.7 Å². The van der Waals surface area contributed by atoms with Crippen LogP contribution >= 0.6 is 0 Å². The molecule has 1 N–H and O–H groups in total. The van der Waals surface area contributed by atoms with Crippen LogP contribution in [-0.2, 0) is 9.53 Å². The van der Waals surface area contributed by atoms with Crippen molar-refractivity contribution in [3.8, 4) is 0 Å². The number of carbonyl (C=O) groups is 2. The minimum absolute atomic E-state index is 0.283. The number of hydrogen-bond donors (Lipinski definition) is 1. The van der Waals surface area contributed by atoms with E-state index in [1.807, 2.05) is 20.8 Å². The number of piperazine rings is 1. The van der Waals surface area contributed by atoms with Crippen molar-refractivity contribution in [2.45, 2.75) is 33.3 Å². The van der Waals surface area contributed by atoms with E-state index in [1.54, 1.807) is 17.9 Å². The van der Waals surface area contributed by atoms with Crippen LogP contribution in [0.2, 0.25) is 0 Å². The molecular weight excluding hydrogens is 260 g/mol. The van der Waals surface area contributed by atoms with Gasteiger partial charge in [-0.3, -0.25) is 4.90 Å². The predicted molar refractivity (Wildman–Crippen MR) is 75.6 cm³/mol. The summed E-state index contributed by atoms with van der Waals surface area (Å²) in [6.07, 6.45) is 1.42. The third kappa shape index (κ3) is 5.61. The van der Waals surface area contributed by atoms with Crippen LogP contribution in [-0.4, -0.2) is 65.3 Å². The monoisotopic (exact) mass is 284 g/mol. The second-order valence-electron chi connectivity index (χ2n) is 5.96. The molecule has 6 heteroatoms. The van der Waals surface area contributed by atoms with E-state index in [2.05, 4.69) is 4.90 Å². The van der Waals surface area contributed by atoms with E-state index in [-0.39, 0.29) is 6.09 Å². The highest BCUT2D eigenvalue weighted by Crippen LogP contribution is 2.11. The third-order valence-electron chi connectivity index (χ3n) is 3.02. The Balaban J connectivity index is 2.39. The molecule has 1 saturated heterocycles. The highest BCUT2D eigenvalue weighted by Gasteiger charge is 2.25. The van der Waals surface area contributed by atoms with E-state index < -0.39 is 11.6 Å². The Morgan fingerprint density at radius 1 is 1.20 bits per heavy atom. The molecule has 1 aliphatic rings. The van der Waals surface area contributed by atoms with Crippen LogP contribution in [0.3, 0.4) is 0 Å². The highest BCUT2D eigenvalue weighted by atomic mass is 16.6. The molecule has 0 unspecified atom stereocenters. The SMILES string of the molecule is CC(=CCN1CCN(C(=O)OC(C)(C)C)CC1)C(=O)O. The molecule has 0 aromatic carbocycles. The Bertz CT molecular complexity index is 390. The Morgan fingerprint density at radius 2 is 1.75 bits per heavy atom. The normalized spacial score (nSPS) is 18.0. The van der Waals surface area contributed by atoms with E-state index in [4.69, 9.17) is 9.84 Å².